The van der Waals surface area contributed by atoms with Crippen molar-refractivity contribution < 1.29 is 14.3 Å². The molecule has 0 atom stereocenters. The van der Waals surface area contributed by atoms with Gasteiger partial charge in [-0.05, 0) is 18.6 Å². The van der Waals surface area contributed by atoms with E-state index in [0.717, 1.165) is 12.8 Å². The van der Waals surface area contributed by atoms with E-state index in [4.69, 9.17) is 4.74 Å². The number of esters is 1. The molecule has 0 amide bonds. The van der Waals surface area contributed by atoms with Gasteiger partial charge in [-0.1, -0.05) is 13.3 Å². The van der Waals surface area contributed by atoms with Crippen molar-refractivity contribution in [1.82, 2.24) is 4.98 Å². The molecule has 0 spiro atoms. The molecule has 1 aromatic heterocycles. The second-order valence-electron chi connectivity index (χ2n) is 3.05. The van der Waals surface area contributed by atoms with Crippen molar-refractivity contribution in [3.05, 3.63) is 30.1 Å². The summed E-state index contributed by atoms with van der Waals surface area (Å²) >= 11 is 0. The fourth-order valence-electron chi connectivity index (χ4n) is 0.996. The Bertz CT molecular complexity index is 335. The van der Waals surface area contributed by atoms with E-state index in [1.807, 2.05) is 6.92 Å². The highest BCUT2D eigenvalue weighted by Crippen LogP contribution is 2.00. The van der Waals surface area contributed by atoms with Crippen molar-refractivity contribution in [2.45, 2.75) is 19.8 Å². The largest absolute Gasteiger partial charge is 0.460 e. The lowest BCUT2D eigenvalue weighted by Crippen LogP contribution is -2.18. The fraction of sp³-hybridized carbons (Fsp3) is 0.364. The topological polar surface area (TPSA) is 56.3 Å². The van der Waals surface area contributed by atoms with Crippen molar-refractivity contribution in [2.24, 2.45) is 0 Å². The Morgan fingerprint density at radius 3 is 2.60 bits per heavy atom. The van der Waals surface area contributed by atoms with Crippen LogP contribution in [0.2, 0.25) is 0 Å². The van der Waals surface area contributed by atoms with Gasteiger partial charge in [0.25, 0.3) is 5.78 Å². The van der Waals surface area contributed by atoms with Crippen LogP contribution < -0.4 is 0 Å². The molecule has 0 N–H and O–H groups in total. The first-order valence-electron chi connectivity index (χ1n) is 4.87. The molecule has 1 aromatic rings. The molecule has 80 valence electrons. The monoisotopic (exact) mass is 207 g/mol. The van der Waals surface area contributed by atoms with E-state index in [9.17, 15) is 9.59 Å². The maximum atomic E-state index is 11.4. The lowest BCUT2D eigenvalue weighted by molar-refractivity contribution is -0.138. The quantitative estimate of drug-likeness (QED) is 0.318. The zero-order valence-electron chi connectivity index (χ0n) is 8.60. The summed E-state index contributed by atoms with van der Waals surface area (Å²) in [5.74, 6) is -1.41. The van der Waals surface area contributed by atoms with E-state index in [1.165, 1.54) is 24.5 Å². The number of aromatic nitrogens is 1. The Kier molecular flexibility index (Phi) is 4.47. The SMILES string of the molecule is CCCCOC(=O)C(=O)c1ccncc1. The van der Waals surface area contributed by atoms with Crippen LogP contribution in [0, 0.1) is 0 Å². The molecule has 0 aliphatic rings. The van der Waals surface area contributed by atoms with Crippen molar-refractivity contribution in [3.63, 3.8) is 0 Å². The summed E-state index contributed by atoms with van der Waals surface area (Å²) in [5.41, 5.74) is 0.312. The van der Waals surface area contributed by atoms with Gasteiger partial charge in [-0.2, -0.15) is 0 Å². The minimum atomic E-state index is -0.797. The summed E-state index contributed by atoms with van der Waals surface area (Å²) in [6.45, 7) is 2.28. The first-order chi connectivity index (χ1) is 7.25. The summed E-state index contributed by atoms with van der Waals surface area (Å²) in [6, 6.07) is 2.98. The summed E-state index contributed by atoms with van der Waals surface area (Å²) in [4.78, 5) is 26.4. The lowest BCUT2D eigenvalue weighted by atomic mass is 10.2. The number of Topliss-reactive ketones (excluding diaryl/α,β-unsaturated/α-hetero) is 1. The van der Waals surface area contributed by atoms with Crippen molar-refractivity contribution in [2.75, 3.05) is 6.61 Å². The molecule has 0 radical (unpaired) electrons. The van der Waals surface area contributed by atoms with Gasteiger partial charge < -0.3 is 4.74 Å². The molecule has 0 bridgehead atoms. The van der Waals surface area contributed by atoms with E-state index in [0.29, 0.717) is 12.2 Å². The van der Waals surface area contributed by atoms with Crippen LogP contribution in [0.4, 0.5) is 0 Å². The molecule has 4 heteroatoms. The van der Waals surface area contributed by atoms with E-state index >= 15 is 0 Å². The number of hydrogen-bond acceptors (Lipinski definition) is 4. The third kappa shape index (κ3) is 3.50. The Balaban J connectivity index is 2.50. The first kappa shape index (κ1) is 11.4. The molecule has 0 aliphatic carbocycles. The molecule has 1 heterocycles. The van der Waals surface area contributed by atoms with Gasteiger partial charge in [-0.25, -0.2) is 4.79 Å². The molecule has 0 saturated carbocycles. The van der Waals surface area contributed by atoms with Crippen LogP contribution in [-0.4, -0.2) is 23.3 Å². The molecule has 1 rings (SSSR count). The maximum absolute atomic E-state index is 11.4. The van der Waals surface area contributed by atoms with E-state index in [1.54, 1.807) is 0 Å². The van der Waals surface area contributed by atoms with Crippen LogP contribution in [-0.2, 0) is 9.53 Å². The molecule has 0 aliphatic heterocycles. The van der Waals surface area contributed by atoms with Gasteiger partial charge in [0.1, 0.15) is 0 Å². The van der Waals surface area contributed by atoms with Crippen LogP contribution in [0.1, 0.15) is 30.1 Å². The predicted molar refractivity (Wildman–Crippen MR) is 54.4 cm³/mol. The summed E-state index contributed by atoms with van der Waals surface area (Å²) < 4.78 is 4.79. The average Bonchev–Trinajstić information content (AvgIpc) is 2.29. The van der Waals surface area contributed by atoms with Crippen LogP contribution in [0.25, 0.3) is 0 Å². The normalized spacial score (nSPS) is 9.67. The van der Waals surface area contributed by atoms with E-state index in [-0.39, 0.29) is 0 Å². The number of carbonyl (C=O) groups excluding carboxylic acids is 2. The number of ketones is 1. The number of rotatable bonds is 5. The fourth-order valence-corrected chi connectivity index (χ4v) is 0.996. The van der Waals surface area contributed by atoms with Crippen molar-refractivity contribution in [1.29, 1.82) is 0 Å². The maximum Gasteiger partial charge on any atom is 0.379 e. The zero-order chi connectivity index (χ0) is 11.1. The third-order valence-electron chi connectivity index (χ3n) is 1.86. The highest BCUT2D eigenvalue weighted by atomic mass is 16.5. The molecule has 0 aromatic carbocycles. The van der Waals surface area contributed by atoms with Gasteiger partial charge in [0.15, 0.2) is 0 Å². The lowest BCUT2D eigenvalue weighted by Gasteiger charge is -2.02. The molecule has 4 nitrogen and oxygen atoms in total. The molecule has 0 unspecified atom stereocenters. The third-order valence-corrected chi connectivity index (χ3v) is 1.86. The molecule has 0 fully saturated rings. The van der Waals surface area contributed by atoms with Crippen molar-refractivity contribution in [3.8, 4) is 0 Å². The standard InChI is InChI=1S/C11H13NO3/c1-2-3-8-15-11(14)10(13)9-4-6-12-7-5-9/h4-7H,2-3,8H2,1H3. The smallest absolute Gasteiger partial charge is 0.379 e. The predicted octanol–water partition coefficient (Wildman–Crippen LogP) is 1.61. The second-order valence-corrected chi connectivity index (χ2v) is 3.05. The Hall–Kier alpha value is -1.71. The van der Waals surface area contributed by atoms with E-state index < -0.39 is 11.8 Å². The van der Waals surface area contributed by atoms with Crippen LogP contribution in [0.5, 0.6) is 0 Å². The zero-order valence-corrected chi connectivity index (χ0v) is 8.60. The minimum Gasteiger partial charge on any atom is -0.460 e. The number of hydrogen-bond donors (Lipinski definition) is 0. The van der Waals surface area contributed by atoms with Crippen molar-refractivity contribution >= 4 is 11.8 Å². The molecule has 0 saturated heterocycles. The number of carbonyl (C=O) groups is 2. The Morgan fingerprint density at radius 2 is 2.00 bits per heavy atom. The van der Waals surface area contributed by atoms with E-state index in [2.05, 4.69) is 4.98 Å². The number of nitrogens with zero attached hydrogens (tertiary/aromatic N) is 1. The molecule has 15 heavy (non-hydrogen) atoms. The number of ether oxygens (including phenoxy) is 1. The van der Waals surface area contributed by atoms with Gasteiger partial charge >= 0.3 is 5.97 Å². The van der Waals surface area contributed by atoms with Gasteiger partial charge in [0.2, 0.25) is 0 Å². The summed E-state index contributed by atoms with van der Waals surface area (Å²) in [5, 5.41) is 0. The van der Waals surface area contributed by atoms with Gasteiger partial charge in [0, 0.05) is 18.0 Å². The minimum absolute atomic E-state index is 0.298. The highest BCUT2D eigenvalue weighted by molar-refractivity contribution is 6.40. The second kappa shape index (κ2) is 5.90. The number of unbranched alkanes of at least 4 members (excludes halogenated alkanes) is 1. The van der Waals surface area contributed by atoms with Crippen LogP contribution >= 0.6 is 0 Å². The summed E-state index contributed by atoms with van der Waals surface area (Å²) in [7, 11) is 0. The Morgan fingerprint density at radius 1 is 1.33 bits per heavy atom. The van der Waals surface area contributed by atoms with Crippen LogP contribution in [0.3, 0.4) is 0 Å². The first-order valence-corrected chi connectivity index (χ1v) is 4.87. The molecular weight excluding hydrogens is 194 g/mol. The Labute approximate surface area is 88.3 Å². The van der Waals surface area contributed by atoms with Gasteiger partial charge in [-0.15, -0.1) is 0 Å². The molecular formula is C11H13NO3. The average molecular weight is 207 g/mol. The highest BCUT2D eigenvalue weighted by Gasteiger charge is 2.16. The van der Waals surface area contributed by atoms with Gasteiger partial charge in [-0.3, -0.25) is 9.78 Å². The van der Waals surface area contributed by atoms with Gasteiger partial charge in [0.05, 0.1) is 6.61 Å². The number of pyridine rings is 1. The van der Waals surface area contributed by atoms with Crippen LogP contribution in [0.15, 0.2) is 24.5 Å². The summed E-state index contributed by atoms with van der Waals surface area (Å²) in [6.07, 6.45) is 4.63.